The number of ketones is 2. The van der Waals surface area contributed by atoms with E-state index in [2.05, 4.69) is 0 Å². The fraction of sp³-hybridized carbons (Fsp3) is 0.364. The minimum atomic E-state index is -2.66. The lowest BCUT2D eigenvalue weighted by Crippen LogP contribution is -2.41. The molecule has 160 valence electrons. The summed E-state index contributed by atoms with van der Waals surface area (Å²) in [4.78, 5) is 24.7. The summed E-state index contributed by atoms with van der Waals surface area (Å²) in [5.41, 5.74) is -2.36. The first-order valence-electron chi connectivity index (χ1n) is 9.38. The quantitative estimate of drug-likeness (QED) is 0.455. The van der Waals surface area contributed by atoms with Crippen LogP contribution in [0, 0.1) is 0 Å². The van der Waals surface area contributed by atoms with E-state index in [9.17, 15) is 14.2 Å². The van der Waals surface area contributed by atoms with Gasteiger partial charge in [-0.2, -0.15) is 0 Å². The molecule has 8 heteroatoms. The summed E-state index contributed by atoms with van der Waals surface area (Å²) < 4.78 is 33.2. The number of hydrogen-bond acceptors (Lipinski definition) is 7. The molecule has 0 N–H and O–H groups in total. The van der Waals surface area contributed by atoms with Gasteiger partial charge in [0.05, 0.1) is 0 Å². The molecule has 2 rings (SSSR count). The summed E-state index contributed by atoms with van der Waals surface area (Å²) in [6.07, 6.45) is 0. The molecule has 0 aliphatic rings. The first kappa shape index (κ1) is 23.7. The van der Waals surface area contributed by atoms with Gasteiger partial charge in [-0.25, -0.2) is 0 Å². The fourth-order valence-corrected chi connectivity index (χ4v) is 2.81. The van der Waals surface area contributed by atoms with Crippen LogP contribution in [0.2, 0.25) is 0 Å². The molecule has 0 spiro atoms. The Morgan fingerprint density at radius 1 is 0.700 bits per heavy atom. The van der Waals surface area contributed by atoms with Crippen molar-refractivity contribution in [2.45, 2.75) is 38.9 Å². The zero-order chi connectivity index (χ0) is 22.2. The van der Waals surface area contributed by atoms with E-state index >= 15 is 0 Å². The number of ether oxygens (including phenoxy) is 2. The molecule has 2 aromatic carbocycles. The Bertz CT molecular complexity index is 792. The maximum Gasteiger partial charge on any atom is 0.698 e. The van der Waals surface area contributed by atoms with Gasteiger partial charge in [-0.3, -0.25) is 9.59 Å². The smallest absolute Gasteiger partial charge is 0.480 e. The van der Waals surface area contributed by atoms with E-state index in [-0.39, 0.29) is 0 Å². The lowest BCUT2D eigenvalue weighted by molar-refractivity contribution is -0.134. The van der Waals surface area contributed by atoms with E-state index < -0.39 is 44.2 Å². The monoisotopic (exact) mass is 433 g/mol. The highest BCUT2D eigenvalue weighted by Crippen LogP contribution is 2.27. The van der Waals surface area contributed by atoms with Gasteiger partial charge in [0.1, 0.15) is 11.5 Å². The molecule has 0 saturated carbocycles. The molecule has 0 bridgehead atoms. The number of carbonyl (C=O) groups is 2. The molecule has 0 atom stereocenters. The molecule has 30 heavy (non-hydrogen) atoms. The third-order valence-electron chi connectivity index (χ3n) is 4.18. The van der Waals surface area contributed by atoms with Gasteiger partial charge in [0.15, 0.2) is 24.4 Å². The Morgan fingerprint density at radius 2 is 1.03 bits per heavy atom. The Kier molecular flexibility index (Phi) is 8.24. The minimum absolute atomic E-state index is 0.419. The summed E-state index contributed by atoms with van der Waals surface area (Å²) >= 11 is 0. The fourth-order valence-electron chi connectivity index (χ4n) is 2.29. The van der Waals surface area contributed by atoms with E-state index in [1.165, 1.54) is 0 Å². The molecule has 0 aliphatic carbocycles. The second-order valence-corrected chi connectivity index (χ2v) is 8.43. The number of Topliss-reactive ketones (excluding diaryl/α,β-unsaturated/α-hetero) is 2. The van der Waals surface area contributed by atoms with Crippen molar-refractivity contribution < 1.29 is 32.7 Å². The van der Waals surface area contributed by atoms with E-state index in [0.29, 0.717) is 11.5 Å². The van der Waals surface area contributed by atoms with Gasteiger partial charge in [-0.1, -0.05) is 36.4 Å². The molecule has 0 saturated heterocycles. The van der Waals surface area contributed by atoms with Crippen molar-refractivity contribution in [1.29, 1.82) is 0 Å². The van der Waals surface area contributed by atoms with Crippen LogP contribution in [0.15, 0.2) is 60.7 Å². The van der Waals surface area contributed by atoms with Gasteiger partial charge in [0, 0.05) is 4.57 Å². The largest absolute Gasteiger partial charge is 0.698 e. The second-order valence-electron chi connectivity index (χ2n) is 7.47. The summed E-state index contributed by atoms with van der Waals surface area (Å²) in [7, 11) is -2.66. The number of para-hydroxylation sites is 2. The average Bonchev–Trinajstić information content (AvgIpc) is 2.70. The lowest BCUT2D eigenvalue weighted by atomic mass is 10.0. The van der Waals surface area contributed by atoms with Crippen molar-refractivity contribution in [3.05, 3.63) is 60.7 Å². The van der Waals surface area contributed by atoms with Crippen molar-refractivity contribution in [2.24, 2.45) is 0 Å². The average molecular weight is 433 g/mol. The van der Waals surface area contributed by atoms with Crippen LogP contribution < -0.4 is 9.47 Å². The number of hydrogen-bond donors (Lipinski definition) is 0. The molecule has 0 unspecified atom stereocenters. The molecule has 0 aromatic heterocycles. The number of rotatable bonds is 12. The Balaban J connectivity index is 1.78. The van der Waals surface area contributed by atoms with Crippen molar-refractivity contribution in [3.8, 4) is 11.5 Å². The van der Waals surface area contributed by atoms with Gasteiger partial charge in [0.25, 0.3) is 0 Å². The standard InChI is InChI=1S/C22H26O7P/c1-21(2,28-17-11-7-5-8-12-17)19(23)15-26-30(25)27-16-20(24)22(3,4)29-18-13-9-6-10-14-18/h5-14H,15-16H2,1-4H3/q+1. The molecular weight excluding hydrogens is 407 g/mol. The van der Waals surface area contributed by atoms with Crippen LogP contribution in [-0.4, -0.2) is 36.0 Å². The van der Waals surface area contributed by atoms with Crippen LogP contribution in [0.25, 0.3) is 0 Å². The molecule has 0 radical (unpaired) electrons. The van der Waals surface area contributed by atoms with E-state index in [1.54, 1.807) is 76.2 Å². The highest BCUT2D eigenvalue weighted by Gasteiger charge is 2.36. The topological polar surface area (TPSA) is 88.1 Å². The molecule has 0 heterocycles. The summed E-state index contributed by atoms with van der Waals surface area (Å²) in [6.45, 7) is 5.40. The number of carbonyl (C=O) groups excluding carboxylic acids is 2. The summed E-state index contributed by atoms with van der Waals surface area (Å²) in [6, 6.07) is 17.7. The molecule has 0 fully saturated rings. The second kappa shape index (κ2) is 10.4. The van der Waals surface area contributed by atoms with Crippen LogP contribution >= 0.6 is 8.25 Å². The zero-order valence-electron chi connectivity index (χ0n) is 17.5. The van der Waals surface area contributed by atoms with Gasteiger partial charge in [-0.15, -0.1) is 9.05 Å². The Labute approximate surface area is 177 Å². The summed E-state index contributed by atoms with van der Waals surface area (Å²) in [5, 5.41) is 0. The highest BCUT2D eigenvalue weighted by molar-refractivity contribution is 7.33. The van der Waals surface area contributed by atoms with Gasteiger partial charge in [-0.05, 0) is 52.0 Å². The van der Waals surface area contributed by atoms with E-state index in [1.807, 2.05) is 12.1 Å². The first-order chi connectivity index (χ1) is 14.1. The first-order valence-corrected chi connectivity index (χ1v) is 10.5. The summed E-state index contributed by atoms with van der Waals surface area (Å²) in [5.74, 6) is 0.222. The maximum atomic E-state index is 12.4. The van der Waals surface area contributed by atoms with Crippen LogP contribution in [0.4, 0.5) is 0 Å². The molecule has 7 nitrogen and oxygen atoms in total. The highest BCUT2D eigenvalue weighted by atomic mass is 31.1. The van der Waals surface area contributed by atoms with Gasteiger partial charge >= 0.3 is 8.25 Å². The Hall–Kier alpha value is -2.60. The SMILES string of the molecule is CC(C)(Oc1ccccc1)C(=O)CO[P+](=O)OCC(=O)C(C)(C)Oc1ccccc1. The van der Waals surface area contributed by atoms with Crippen molar-refractivity contribution in [3.63, 3.8) is 0 Å². The van der Waals surface area contributed by atoms with Crippen molar-refractivity contribution >= 4 is 19.8 Å². The van der Waals surface area contributed by atoms with Crippen LogP contribution in [-0.2, 0) is 23.2 Å². The van der Waals surface area contributed by atoms with Crippen LogP contribution in [0.3, 0.4) is 0 Å². The normalized spacial score (nSPS) is 11.6. The predicted molar refractivity (Wildman–Crippen MR) is 112 cm³/mol. The molecule has 0 amide bonds. The molecule has 0 aliphatic heterocycles. The molecule has 2 aromatic rings. The van der Waals surface area contributed by atoms with Crippen molar-refractivity contribution in [1.82, 2.24) is 0 Å². The minimum Gasteiger partial charge on any atom is -0.480 e. The predicted octanol–water partition coefficient (Wildman–Crippen LogP) is 4.53. The van der Waals surface area contributed by atoms with Crippen LogP contribution in [0.5, 0.6) is 11.5 Å². The molecular formula is C22H26O7P+. The van der Waals surface area contributed by atoms with E-state index in [4.69, 9.17) is 18.5 Å². The van der Waals surface area contributed by atoms with Gasteiger partial charge in [0.2, 0.25) is 11.6 Å². The van der Waals surface area contributed by atoms with Gasteiger partial charge < -0.3 is 9.47 Å². The van der Waals surface area contributed by atoms with Crippen molar-refractivity contribution in [2.75, 3.05) is 13.2 Å². The third kappa shape index (κ3) is 7.34. The zero-order valence-corrected chi connectivity index (χ0v) is 18.4. The third-order valence-corrected chi connectivity index (χ3v) is 4.86. The Morgan fingerprint density at radius 3 is 1.37 bits per heavy atom. The maximum absolute atomic E-state index is 12.4. The van der Waals surface area contributed by atoms with E-state index in [0.717, 1.165) is 0 Å². The lowest BCUT2D eigenvalue weighted by Gasteiger charge is -2.24. The number of benzene rings is 2. The van der Waals surface area contributed by atoms with Crippen LogP contribution in [0.1, 0.15) is 27.7 Å².